The van der Waals surface area contributed by atoms with E-state index in [0.717, 1.165) is 26.2 Å². The molecule has 0 spiro atoms. The highest BCUT2D eigenvalue weighted by Gasteiger charge is 2.14. The van der Waals surface area contributed by atoms with Gasteiger partial charge in [-0.05, 0) is 12.8 Å². The lowest BCUT2D eigenvalue weighted by molar-refractivity contribution is 0.0470. The molecule has 1 saturated heterocycles. The van der Waals surface area contributed by atoms with Crippen LogP contribution in [0.25, 0.3) is 0 Å². The van der Waals surface area contributed by atoms with Gasteiger partial charge in [0.25, 0.3) is 0 Å². The van der Waals surface area contributed by atoms with Gasteiger partial charge >= 0.3 is 0 Å². The summed E-state index contributed by atoms with van der Waals surface area (Å²) in [6, 6.07) is 0. The molecule has 72 valence electrons. The van der Waals surface area contributed by atoms with E-state index >= 15 is 0 Å². The fourth-order valence-corrected chi connectivity index (χ4v) is 1.67. The van der Waals surface area contributed by atoms with Gasteiger partial charge in [0.1, 0.15) is 0 Å². The topological polar surface area (TPSA) is 47.3 Å². The van der Waals surface area contributed by atoms with E-state index in [-0.39, 0.29) is 5.75 Å². The van der Waals surface area contributed by atoms with Crippen LogP contribution in [0.1, 0.15) is 12.8 Å². The van der Waals surface area contributed by atoms with Gasteiger partial charge in [0.2, 0.25) is 0 Å². The second-order valence-electron chi connectivity index (χ2n) is 3.50. The largest absolute Gasteiger partial charge is 0.505 e. The first kappa shape index (κ1) is 8.56. The van der Waals surface area contributed by atoms with E-state index in [0.29, 0.717) is 5.92 Å². The Bertz CT molecular complexity index is 266. The summed E-state index contributed by atoms with van der Waals surface area (Å²) in [7, 11) is 0. The molecule has 0 bridgehead atoms. The lowest BCUT2D eigenvalue weighted by Gasteiger charge is -2.21. The third-order valence-corrected chi connectivity index (χ3v) is 2.32. The average molecular weight is 182 g/mol. The Kier molecular flexibility index (Phi) is 2.49. The molecule has 4 heteroatoms. The summed E-state index contributed by atoms with van der Waals surface area (Å²) >= 11 is 0. The molecule has 1 N–H and O–H groups in total. The van der Waals surface area contributed by atoms with Crippen molar-refractivity contribution >= 4 is 0 Å². The average Bonchev–Trinajstić information content (AvgIpc) is 2.53. The van der Waals surface area contributed by atoms with Crippen molar-refractivity contribution in [3.63, 3.8) is 0 Å². The first-order valence-electron chi connectivity index (χ1n) is 4.64. The molecule has 0 aromatic carbocycles. The molecule has 1 aliphatic rings. The summed E-state index contributed by atoms with van der Waals surface area (Å²) in [6.07, 6.45) is 5.44. The first-order chi connectivity index (χ1) is 6.34. The number of hydrogen-bond donors (Lipinski definition) is 1. The summed E-state index contributed by atoms with van der Waals surface area (Å²) in [5.74, 6) is 0.782. The maximum Gasteiger partial charge on any atom is 0.153 e. The van der Waals surface area contributed by atoms with E-state index in [1.165, 1.54) is 12.6 Å². The lowest BCUT2D eigenvalue weighted by Crippen LogP contribution is -2.22. The molecule has 0 aliphatic carbocycles. The van der Waals surface area contributed by atoms with Gasteiger partial charge in [-0.1, -0.05) is 0 Å². The van der Waals surface area contributed by atoms with Crippen molar-refractivity contribution in [1.82, 2.24) is 9.78 Å². The van der Waals surface area contributed by atoms with Crippen LogP contribution in [0, 0.1) is 5.92 Å². The van der Waals surface area contributed by atoms with Gasteiger partial charge in [0.05, 0.1) is 19.0 Å². The van der Waals surface area contributed by atoms with Gasteiger partial charge in [-0.15, -0.1) is 0 Å². The van der Waals surface area contributed by atoms with Crippen LogP contribution in [0.15, 0.2) is 12.4 Å². The molecule has 2 rings (SSSR count). The smallest absolute Gasteiger partial charge is 0.153 e. The predicted molar refractivity (Wildman–Crippen MR) is 47.4 cm³/mol. The number of aromatic nitrogens is 2. The predicted octanol–water partition coefficient (Wildman–Crippen LogP) is 1.02. The van der Waals surface area contributed by atoms with Crippen molar-refractivity contribution in [3.05, 3.63) is 12.4 Å². The minimum absolute atomic E-state index is 0.233. The normalized spacial score (nSPS) is 23.2. The van der Waals surface area contributed by atoms with Crippen LogP contribution in [0.3, 0.4) is 0 Å². The minimum Gasteiger partial charge on any atom is -0.505 e. The van der Waals surface area contributed by atoms with Crippen LogP contribution in [0.2, 0.25) is 0 Å². The summed E-state index contributed by atoms with van der Waals surface area (Å²) in [4.78, 5) is 0. The molecular formula is C9H14N2O2. The van der Waals surface area contributed by atoms with Crippen molar-refractivity contribution in [2.75, 3.05) is 13.2 Å². The highest BCUT2D eigenvalue weighted by Crippen LogP contribution is 2.16. The van der Waals surface area contributed by atoms with E-state index in [1.807, 2.05) is 0 Å². The Morgan fingerprint density at radius 2 is 2.62 bits per heavy atom. The molecule has 13 heavy (non-hydrogen) atoms. The van der Waals surface area contributed by atoms with Gasteiger partial charge in [0.15, 0.2) is 5.75 Å². The third-order valence-electron chi connectivity index (χ3n) is 2.32. The Labute approximate surface area is 77.1 Å². The van der Waals surface area contributed by atoms with Gasteiger partial charge in [-0.3, -0.25) is 4.68 Å². The van der Waals surface area contributed by atoms with Crippen molar-refractivity contribution < 1.29 is 9.84 Å². The van der Waals surface area contributed by atoms with Crippen LogP contribution in [-0.2, 0) is 11.3 Å². The number of aromatic hydroxyl groups is 1. The zero-order chi connectivity index (χ0) is 9.10. The number of hydrogen-bond acceptors (Lipinski definition) is 3. The maximum atomic E-state index is 9.07. The van der Waals surface area contributed by atoms with Crippen LogP contribution in [0.4, 0.5) is 0 Å². The van der Waals surface area contributed by atoms with Crippen molar-refractivity contribution in [1.29, 1.82) is 0 Å². The zero-order valence-corrected chi connectivity index (χ0v) is 7.52. The fourth-order valence-electron chi connectivity index (χ4n) is 1.67. The Hall–Kier alpha value is -1.03. The molecule has 2 heterocycles. The van der Waals surface area contributed by atoms with Crippen LogP contribution in [0.5, 0.6) is 5.75 Å². The molecule has 1 aromatic rings. The molecule has 1 atom stereocenters. The molecule has 0 saturated carbocycles. The molecule has 0 amide bonds. The second-order valence-corrected chi connectivity index (χ2v) is 3.50. The Morgan fingerprint density at radius 3 is 3.23 bits per heavy atom. The quantitative estimate of drug-likeness (QED) is 0.742. The molecule has 1 fully saturated rings. The van der Waals surface area contributed by atoms with Gasteiger partial charge in [-0.25, -0.2) is 0 Å². The highest BCUT2D eigenvalue weighted by atomic mass is 16.5. The van der Waals surface area contributed by atoms with Crippen LogP contribution >= 0.6 is 0 Å². The molecule has 1 aromatic heterocycles. The molecule has 0 radical (unpaired) electrons. The third kappa shape index (κ3) is 2.21. The molecule has 0 unspecified atom stereocenters. The Balaban J connectivity index is 1.89. The number of ether oxygens (including phenoxy) is 1. The standard InChI is InChI=1S/C9H14N2O2/c12-9-4-10-11(6-9)5-8-2-1-3-13-7-8/h4,6,8,12H,1-3,5,7H2/t8-/m1/s1. The molecule has 4 nitrogen and oxygen atoms in total. The van der Waals surface area contributed by atoms with Crippen LogP contribution < -0.4 is 0 Å². The first-order valence-corrected chi connectivity index (χ1v) is 4.64. The van der Waals surface area contributed by atoms with E-state index in [1.54, 1.807) is 10.9 Å². The minimum atomic E-state index is 0.233. The molecule has 1 aliphatic heterocycles. The fraction of sp³-hybridized carbons (Fsp3) is 0.667. The molecular weight excluding hydrogens is 168 g/mol. The zero-order valence-electron chi connectivity index (χ0n) is 7.52. The van der Waals surface area contributed by atoms with Crippen molar-refractivity contribution in [2.24, 2.45) is 5.92 Å². The van der Waals surface area contributed by atoms with E-state index in [4.69, 9.17) is 9.84 Å². The monoisotopic (exact) mass is 182 g/mol. The lowest BCUT2D eigenvalue weighted by atomic mass is 10.0. The van der Waals surface area contributed by atoms with Crippen molar-refractivity contribution in [3.8, 4) is 5.75 Å². The summed E-state index contributed by atoms with van der Waals surface area (Å²) in [5, 5.41) is 13.1. The van der Waals surface area contributed by atoms with E-state index < -0.39 is 0 Å². The summed E-state index contributed by atoms with van der Waals surface area (Å²) < 4.78 is 7.13. The maximum absolute atomic E-state index is 9.07. The summed E-state index contributed by atoms with van der Waals surface area (Å²) in [5.41, 5.74) is 0. The van der Waals surface area contributed by atoms with Crippen LogP contribution in [-0.4, -0.2) is 28.1 Å². The van der Waals surface area contributed by atoms with Gasteiger partial charge in [-0.2, -0.15) is 5.10 Å². The number of rotatable bonds is 2. The second kappa shape index (κ2) is 3.79. The van der Waals surface area contributed by atoms with E-state index in [2.05, 4.69) is 5.10 Å². The highest BCUT2D eigenvalue weighted by molar-refractivity contribution is 5.08. The number of nitrogens with zero attached hydrogens (tertiary/aromatic N) is 2. The van der Waals surface area contributed by atoms with Gasteiger partial charge in [0, 0.05) is 19.1 Å². The summed E-state index contributed by atoms with van der Waals surface area (Å²) in [6.45, 7) is 2.56. The SMILES string of the molecule is Oc1cnn(C[C@H]2CCCOC2)c1. The van der Waals surface area contributed by atoms with E-state index in [9.17, 15) is 0 Å². The van der Waals surface area contributed by atoms with Crippen molar-refractivity contribution in [2.45, 2.75) is 19.4 Å². The van der Waals surface area contributed by atoms with Gasteiger partial charge < -0.3 is 9.84 Å². The Morgan fingerprint density at radius 1 is 1.69 bits per heavy atom.